The molecule has 0 aliphatic carbocycles. The third-order valence-electron chi connectivity index (χ3n) is 5.63. The van der Waals surface area contributed by atoms with E-state index in [2.05, 4.69) is 27.8 Å². The number of amides is 1. The van der Waals surface area contributed by atoms with Crippen LogP contribution in [0.25, 0.3) is 0 Å². The molecule has 0 fully saturated rings. The molecule has 0 saturated carbocycles. The number of carbonyl (C=O) groups is 1. The Morgan fingerprint density at radius 1 is 1.27 bits per heavy atom. The van der Waals surface area contributed by atoms with Gasteiger partial charge in [-0.2, -0.15) is 23.4 Å². The molecule has 0 saturated heterocycles. The number of rotatable bonds is 7. The Labute approximate surface area is 188 Å². The molecule has 11 heteroatoms. The first-order chi connectivity index (χ1) is 15.8. The molecule has 0 bridgehead atoms. The molecule has 1 amide bonds. The molecule has 2 atom stereocenters. The van der Waals surface area contributed by atoms with Crippen molar-refractivity contribution in [3.63, 3.8) is 0 Å². The molecule has 2 N–H and O–H groups in total. The van der Waals surface area contributed by atoms with Crippen LogP contribution in [0.2, 0.25) is 0 Å². The van der Waals surface area contributed by atoms with Gasteiger partial charge in [0.05, 0.1) is 31.2 Å². The molecule has 1 aromatic carbocycles. The van der Waals surface area contributed by atoms with E-state index in [-0.39, 0.29) is 17.8 Å². The van der Waals surface area contributed by atoms with Crippen LogP contribution in [-0.4, -0.2) is 38.8 Å². The molecule has 1 aliphatic rings. The molecule has 0 spiro atoms. The number of anilines is 2. The van der Waals surface area contributed by atoms with E-state index in [4.69, 9.17) is 4.74 Å². The Bertz CT molecular complexity index is 1120. The third kappa shape index (κ3) is 4.67. The number of aromatic nitrogens is 4. The molecule has 176 valence electrons. The van der Waals surface area contributed by atoms with Crippen LogP contribution in [0.1, 0.15) is 54.2 Å². The molecule has 3 aromatic rings. The zero-order valence-corrected chi connectivity index (χ0v) is 18.3. The third-order valence-corrected chi connectivity index (χ3v) is 5.63. The minimum absolute atomic E-state index is 0.00959. The van der Waals surface area contributed by atoms with E-state index in [1.54, 1.807) is 35.1 Å². The van der Waals surface area contributed by atoms with Gasteiger partial charge in [-0.05, 0) is 12.5 Å². The van der Waals surface area contributed by atoms with E-state index >= 15 is 0 Å². The van der Waals surface area contributed by atoms with Crippen molar-refractivity contribution < 1.29 is 22.7 Å². The lowest BCUT2D eigenvalue weighted by atomic mass is 9.95. The average Bonchev–Trinajstić information content (AvgIpc) is 3.43. The molecule has 0 radical (unpaired) electrons. The summed E-state index contributed by atoms with van der Waals surface area (Å²) in [6.07, 6.45) is 1.46. The predicted octanol–water partition coefficient (Wildman–Crippen LogP) is 4.80. The van der Waals surface area contributed by atoms with Gasteiger partial charge in [0.1, 0.15) is 17.1 Å². The lowest BCUT2D eigenvalue weighted by molar-refractivity contribution is -0.173. The maximum atomic E-state index is 13.9. The van der Waals surface area contributed by atoms with Crippen molar-refractivity contribution in [2.45, 2.75) is 51.0 Å². The smallest absolute Gasteiger partial charge is 0.410 e. The number of aryl methyl sites for hydroxylation is 1. The highest BCUT2D eigenvalue weighted by molar-refractivity contribution is 6.07. The van der Waals surface area contributed by atoms with Crippen molar-refractivity contribution >= 4 is 17.4 Å². The van der Waals surface area contributed by atoms with E-state index in [9.17, 15) is 18.0 Å². The number of halogens is 3. The number of ether oxygens (including phenoxy) is 1. The molecule has 2 aromatic heterocycles. The highest BCUT2D eigenvalue weighted by Gasteiger charge is 2.47. The Morgan fingerprint density at radius 2 is 2.06 bits per heavy atom. The van der Waals surface area contributed by atoms with Gasteiger partial charge >= 0.3 is 6.18 Å². The van der Waals surface area contributed by atoms with Crippen molar-refractivity contribution in [1.82, 2.24) is 19.6 Å². The van der Waals surface area contributed by atoms with Crippen LogP contribution in [-0.2, 0) is 6.54 Å². The molecule has 3 heterocycles. The summed E-state index contributed by atoms with van der Waals surface area (Å²) < 4.78 is 49.7. The van der Waals surface area contributed by atoms with Gasteiger partial charge in [0, 0.05) is 24.7 Å². The van der Waals surface area contributed by atoms with Crippen molar-refractivity contribution in [2.24, 2.45) is 0 Å². The monoisotopic (exact) mass is 462 g/mol. The van der Waals surface area contributed by atoms with Crippen molar-refractivity contribution in [3.05, 3.63) is 54.0 Å². The van der Waals surface area contributed by atoms with Crippen molar-refractivity contribution in [3.8, 4) is 5.75 Å². The minimum atomic E-state index is -4.54. The number of hydrogen-bond acceptors (Lipinski definition) is 5. The Hall–Kier alpha value is -3.50. The highest BCUT2D eigenvalue weighted by Crippen LogP contribution is 2.45. The summed E-state index contributed by atoms with van der Waals surface area (Å²) >= 11 is 0. The van der Waals surface area contributed by atoms with Crippen LogP contribution in [0.3, 0.4) is 0 Å². The highest BCUT2D eigenvalue weighted by atomic mass is 19.4. The molecule has 8 nitrogen and oxygen atoms in total. The molecule has 4 rings (SSSR count). The fraction of sp³-hybridized carbons (Fsp3) is 0.409. The van der Waals surface area contributed by atoms with E-state index in [0.29, 0.717) is 23.5 Å². The molecule has 33 heavy (non-hydrogen) atoms. The number of hydrogen-bond donors (Lipinski definition) is 2. The van der Waals surface area contributed by atoms with Crippen LogP contribution < -0.4 is 15.4 Å². The fourth-order valence-corrected chi connectivity index (χ4v) is 3.96. The SMILES string of the molecule is CCCCn1cc(NC(=O)c2cnn3c2N[C@@H](c2ccccc2OC)C[C@@H]3C(F)(F)F)cn1. The molecule has 0 unspecified atom stereocenters. The van der Waals surface area contributed by atoms with Crippen LogP contribution in [0.5, 0.6) is 5.75 Å². The van der Waals surface area contributed by atoms with Crippen LogP contribution in [0.15, 0.2) is 42.9 Å². The van der Waals surface area contributed by atoms with Gasteiger partial charge in [0.25, 0.3) is 5.91 Å². The Morgan fingerprint density at radius 3 is 2.79 bits per heavy atom. The minimum Gasteiger partial charge on any atom is -0.496 e. The second-order valence-electron chi connectivity index (χ2n) is 7.88. The maximum Gasteiger partial charge on any atom is 0.410 e. The number of nitrogens with one attached hydrogen (secondary N) is 2. The van der Waals surface area contributed by atoms with Crippen LogP contribution in [0, 0.1) is 0 Å². The van der Waals surface area contributed by atoms with Crippen LogP contribution in [0.4, 0.5) is 24.7 Å². The zero-order valence-electron chi connectivity index (χ0n) is 18.3. The summed E-state index contributed by atoms with van der Waals surface area (Å²) in [5, 5.41) is 13.9. The lowest BCUT2D eigenvalue weighted by Gasteiger charge is -2.34. The summed E-state index contributed by atoms with van der Waals surface area (Å²) in [6, 6.07) is 4.27. The van der Waals surface area contributed by atoms with Gasteiger partial charge < -0.3 is 15.4 Å². The van der Waals surface area contributed by atoms with E-state index in [1.807, 2.05) is 0 Å². The van der Waals surface area contributed by atoms with Gasteiger partial charge in [0.15, 0.2) is 6.04 Å². The first-order valence-corrected chi connectivity index (χ1v) is 10.7. The van der Waals surface area contributed by atoms with E-state index < -0.39 is 24.2 Å². The number of para-hydroxylation sites is 1. The fourth-order valence-electron chi connectivity index (χ4n) is 3.96. The van der Waals surface area contributed by atoms with Gasteiger partial charge in [-0.15, -0.1) is 0 Å². The van der Waals surface area contributed by atoms with Gasteiger partial charge in [-0.25, -0.2) is 4.68 Å². The van der Waals surface area contributed by atoms with Gasteiger partial charge in [-0.3, -0.25) is 9.48 Å². The summed E-state index contributed by atoms with van der Waals surface area (Å²) in [7, 11) is 1.46. The number of benzene rings is 1. The molecule has 1 aliphatic heterocycles. The van der Waals surface area contributed by atoms with Gasteiger partial charge in [0.2, 0.25) is 0 Å². The molecular weight excluding hydrogens is 437 g/mol. The number of methoxy groups -OCH3 is 1. The maximum absolute atomic E-state index is 13.9. The van der Waals surface area contributed by atoms with E-state index in [1.165, 1.54) is 13.3 Å². The predicted molar refractivity (Wildman–Crippen MR) is 116 cm³/mol. The van der Waals surface area contributed by atoms with Crippen LogP contribution >= 0.6 is 0 Å². The largest absolute Gasteiger partial charge is 0.496 e. The lowest BCUT2D eigenvalue weighted by Crippen LogP contribution is -2.36. The van der Waals surface area contributed by atoms with E-state index in [0.717, 1.165) is 23.7 Å². The number of nitrogens with zero attached hydrogens (tertiary/aromatic N) is 4. The zero-order chi connectivity index (χ0) is 23.6. The summed E-state index contributed by atoms with van der Waals surface area (Å²) in [4.78, 5) is 12.9. The van der Waals surface area contributed by atoms with Gasteiger partial charge in [-0.1, -0.05) is 31.5 Å². The Kier molecular flexibility index (Phi) is 6.30. The first-order valence-electron chi connectivity index (χ1n) is 10.7. The summed E-state index contributed by atoms with van der Waals surface area (Å²) in [5.74, 6) is -0.0925. The normalized spacial score (nSPS) is 17.8. The second-order valence-corrected chi connectivity index (χ2v) is 7.88. The van der Waals surface area contributed by atoms with Crippen molar-refractivity contribution in [2.75, 3.05) is 17.7 Å². The molecular formula is C22H25F3N6O2. The topological polar surface area (TPSA) is 86.0 Å². The first kappa shape index (κ1) is 22.7. The second kappa shape index (κ2) is 9.16. The number of carbonyl (C=O) groups excluding carboxylic acids is 1. The number of alkyl halides is 3. The quantitative estimate of drug-likeness (QED) is 0.527. The Balaban J connectivity index is 1.64. The average molecular weight is 462 g/mol. The number of unbranched alkanes of at least 4 members (excludes halogenated alkanes) is 1. The summed E-state index contributed by atoms with van der Waals surface area (Å²) in [5.41, 5.74) is 1.05. The summed E-state index contributed by atoms with van der Waals surface area (Å²) in [6.45, 7) is 2.78. The van der Waals surface area contributed by atoms with Crippen molar-refractivity contribution in [1.29, 1.82) is 0 Å². The standard InChI is InChI=1S/C22H25F3N6O2/c1-3-4-9-30-13-14(11-26-30)28-21(32)16-12-27-31-19(22(23,24)25)10-17(29-20(16)31)15-7-5-6-8-18(15)33-2/h5-8,11-13,17,19,29H,3-4,9-10H2,1-2H3,(H,28,32)/t17-,19-/m1/s1. The number of fused-ring (bicyclic) bond motifs is 1.